The van der Waals surface area contributed by atoms with Crippen molar-refractivity contribution in [3.8, 4) is 0 Å². The molecule has 0 aliphatic rings. The van der Waals surface area contributed by atoms with Gasteiger partial charge in [0.25, 0.3) is 5.78 Å². The van der Waals surface area contributed by atoms with E-state index in [2.05, 4.69) is 0 Å². The predicted octanol–water partition coefficient (Wildman–Crippen LogP) is 1.17. The molecular formula is C10H16O5. The van der Waals surface area contributed by atoms with Gasteiger partial charge in [-0.05, 0) is 12.3 Å². The van der Waals surface area contributed by atoms with Crippen LogP contribution in [-0.2, 0) is 14.4 Å². The van der Waals surface area contributed by atoms with Gasteiger partial charge in [0.2, 0.25) is 0 Å². The van der Waals surface area contributed by atoms with Gasteiger partial charge in [0.15, 0.2) is 0 Å². The molecule has 86 valence electrons. The molecule has 0 heterocycles. The quantitative estimate of drug-likeness (QED) is 0.492. The molecule has 0 saturated heterocycles. The Bertz CT molecular complexity index is 255. The van der Waals surface area contributed by atoms with Crippen LogP contribution in [0.3, 0.4) is 0 Å². The number of carbonyl (C=O) groups is 3. The Morgan fingerprint density at radius 2 is 1.53 bits per heavy atom. The number of carboxylic acids is 2. The number of carbonyl (C=O) groups excluding carboxylic acids is 1. The average molecular weight is 216 g/mol. The SMILES string of the molecule is CCC(CC)CC(C(=O)O)C(=O)C(=O)O. The standard InChI is InChI=1S/C10H16O5/c1-3-6(4-2)5-7(9(12)13)8(11)10(14)15/h6-7H,3-5H2,1-2H3,(H,12,13)(H,14,15). The maximum Gasteiger partial charge on any atom is 0.373 e. The summed E-state index contributed by atoms with van der Waals surface area (Å²) >= 11 is 0. The zero-order valence-electron chi connectivity index (χ0n) is 8.90. The van der Waals surface area contributed by atoms with Gasteiger partial charge in [-0.3, -0.25) is 9.59 Å². The smallest absolute Gasteiger partial charge is 0.373 e. The first-order chi connectivity index (χ1) is 6.93. The van der Waals surface area contributed by atoms with Crippen LogP contribution in [0, 0.1) is 11.8 Å². The number of rotatable bonds is 7. The van der Waals surface area contributed by atoms with E-state index < -0.39 is 23.6 Å². The topological polar surface area (TPSA) is 91.7 Å². The normalized spacial score (nSPS) is 12.5. The van der Waals surface area contributed by atoms with Crippen molar-refractivity contribution in [3.63, 3.8) is 0 Å². The zero-order valence-corrected chi connectivity index (χ0v) is 8.90. The Morgan fingerprint density at radius 1 is 1.07 bits per heavy atom. The third kappa shape index (κ3) is 4.10. The second-order valence-corrected chi connectivity index (χ2v) is 3.48. The lowest BCUT2D eigenvalue weighted by Gasteiger charge is -2.15. The lowest BCUT2D eigenvalue weighted by molar-refractivity contribution is -0.157. The molecule has 0 aromatic heterocycles. The average Bonchev–Trinajstić information content (AvgIpc) is 2.18. The van der Waals surface area contributed by atoms with E-state index in [-0.39, 0.29) is 12.3 Å². The molecule has 5 heteroatoms. The Labute approximate surface area is 88.1 Å². The molecule has 0 aromatic rings. The van der Waals surface area contributed by atoms with Crippen LogP contribution in [0.25, 0.3) is 0 Å². The molecule has 0 aliphatic heterocycles. The highest BCUT2D eigenvalue weighted by Gasteiger charge is 2.32. The molecule has 5 nitrogen and oxygen atoms in total. The van der Waals surface area contributed by atoms with Crippen LogP contribution >= 0.6 is 0 Å². The molecule has 1 unspecified atom stereocenters. The summed E-state index contributed by atoms with van der Waals surface area (Å²) in [5.74, 6) is -5.58. The summed E-state index contributed by atoms with van der Waals surface area (Å²) in [6.07, 6.45) is 1.59. The largest absolute Gasteiger partial charge is 0.481 e. The molecule has 0 spiro atoms. The van der Waals surface area contributed by atoms with Gasteiger partial charge in [0.05, 0.1) is 0 Å². The van der Waals surface area contributed by atoms with Gasteiger partial charge < -0.3 is 10.2 Å². The highest BCUT2D eigenvalue weighted by molar-refractivity contribution is 6.36. The van der Waals surface area contributed by atoms with Gasteiger partial charge in [0.1, 0.15) is 5.92 Å². The van der Waals surface area contributed by atoms with Crippen molar-refractivity contribution in [2.24, 2.45) is 11.8 Å². The first kappa shape index (κ1) is 13.6. The van der Waals surface area contributed by atoms with Crippen LogP contribution in [0.2, 0.25) is 0 Å². The number of hydrogen-bond donors (Lipinski definition) is 2. The number of Topliss-reactive ketones (excluding diaryl/α,β-unsaturated/α-hetero) is 1. The zero-order chi connectivity index (χ0) is 12.0. The van der Waals surface area contributed by atoms with Crippen molar-refractivity contribution in [3.05, 3.63) is 0 Å². The summed E-state index contributed by atoms with van der Waals surface area (Å²) < 4.78 is 0. The third-order valence-corrected chi connectivity index (χ3v) is 2.55. The highest BCUT2D eigenvalue weighted by atomic mass is 16.4. The molecule has 0 rings (SSSR count). The molecule has 0 aliphatic carbocycles. The van der Waals surface area contributed by atoms with Crippen LogP contribution in [0.5, 0.6) is 0 Å². The fraction of sp³-hybridized carbons (Fsp3) is 0.700. The van der Waals surface area contributed by atoms with Crippen LogP contribution < -0.4 is 0 Å². The molecule has 0 aromatic carbocycles. The molecule has 1 atom stereocenters. The minimum atomic E-state index is -1.67. The summed E-state index contributed by atoms with van der Waals surface area (Å²) in [5.41, 5.74) is 0. The molecule has 0 amide bonds. The van der Waals surface area contributed by atoms with E-state index in [0.717, 1.165) is 12.8 Å². The molecular weight excluding hydrogens is 200 g/mol. The Hall–Kier alpha value is -1.39. The highest BCUT2D eigenvalue weighted by Crippen LogP contribution is 2.20. The summed E-state index contributed by atoms with van der Waals surface area (Å²) in [5, 5.41) is 17.2. The van der Waals surface area contributed by atoms with Crippen LogP contribution in [0.15, 0.2) is 0 Å². The van der Waals surface area contributed by atoms with E-state index in [1.54, 1.807) is 0 Å². The minimum Gasteiger partial charge on any atom is -0.481 e. The fourth-order valence-corrected chi connectivity index (χ4v) is 1.42. The van der Waals surface area contributed by atoms with E-state index in [1.807, 2.05) is 13.8 Å². The molecule has 0 fully saturated rings. The maximum absolute atomic E-state index is 11.1. The number of hydrogen-bond acceptors (Lipinski definition) is 3. The van der Waals surface area contributed by atoms with Crippen molar-refractivity contribution in [2.45, 2.75) is 33.1 Å². The lowest BCUT2D eigenvalue weighted by Crippen LogP contribution is -2.31. The fourth-order valence-electron chi connectivity index (χ4n) is 1.42. The van der Waals surface area contributed by atoms with E-state index in [0.29, 0.717) is 0 Å². The molecule has 0 bridgehead atoms. The Balaban J connectivity index is 4.61. The number of carboxylic acid groups (broad SMARTS) is 2. The van der Waals surface area contributed by atoms with E-state index in [4.69, 9.17) is 10.2 Å². The molecule has 15 heavy (non-hydrogen) atoms. The van der Waals surface area contributed by atoms with Gasteiger partial charge >= 0.3 is 11.9 Å². The minimum absolute atomic E-state index is 0.0781. The summed E-state index contributed by atoms with van der Waals surface area (Å²) in [7, 11) is 0. The van der Waals surface area contributed by atoms with Crippen molar-refractivity contribution >= 4 is 17.7 Å². The molecule has 0 saturated carbocycles. The first-order valence-electron chi connectivity index (χ1n) is 4.93. The summed E-state index contributed by atoms with van der Waals surface area (Å²) in [6, 6.07) is 0. The summed E-state index contributed by atoms with van der Waals surface area (Å²) in [6.45, 7) is 3.77. The van der Waals surface area contributed by atoms with E-state index in [1.165, 1.54) is 0 Å². The van der Waals surface area contributed by atoms with Crippen LogP contribution in [0.4, 0.5) is 0 Å². The van der Waals surface area contributed by atoms with Crippen molar-refractivity contribution < 1.29 is 24.6 Å². The number of aliphatic carboxylic acids is 2. The molecule has 0 radical (unpaired) electrons. The van der Waals surface area contributed by atoms with Crippen molar-refractivity contribution in [1.29, 1.82) is 0 Å². The van der Waals surface area contributed by atoms with Gasteiger partial charge in [-0.25, -0.2) is 4.79 Å². The van der Waals surface area contributed by atoms with Crippen LogP contribution in [-0.4, -0.2) is 27.9 Å². The monoisotopic (exact) mass is 216 g/mol. The Morgan fingerprint density at radius 3 is 1.80 bits per heavy atom. The van der Waals surface area contributed by atoms with Gasteiger partial charge in [-0.15, -0.1) is 0 Å². The van der Waals surface area contributed by atoms with Gasteiger partial charge in [-0.1, -0.05) is 26.7 Å². The number of ketones is 1. The van der Waals surface area contributed by atoms with Gasteiger partial charge in [0, 0.05) is 0 Å². The lowest BCUT2D eigenvalue weighted by atomic mass is 9.88. The van der Waals surface area contributed by atoms with Gasteiger partial charge in [-0.2, -0.15) is 0 Å². The van der Waals surface area contributed by atoms with E-state index in [9.17, 15) is 14.4 Å². The van der Waals surface area contributed by atoms with Crippen molar-refractivity contribution in [1.82, 2.24) is 0 Å². The predicted molar refractivity (Wildman–Crippen MR) is 52.5 cm³/mol. The third-order valence-electron chi connectivity index (χ3n) is 2.55. The second kappa shape index (κ2) is 6.16. The summed E-state index contributed by atoms with van der Waals surface area (Å²) in [4.78, 5) is 32.2. The maximum atomic E-state index is 11.1. The van der Waals surface area contributed by atoms with Crippen molar-refractivity contribution in [2.75, 3.05) is 0 Å². The van der Waals surface area contributed by atoms with Crippen LogP contribution in [0.1, 0.15) is 33.1 Å². The Kier molecular flexibility index (Phi) is 5.59. The molecule has 2 N–H and O–H groups in total. The van der Waals surface area contributed by atoms with E-state index >= 15 is 0 Å². The first-order valence-corrected chi connectivity index (χ1v) is 4.93. The second-order valence-electron chi connectivity index (χ2n) is 3.48.